The first-order chi connectivity index (χ1) is 8.11. The summed E-state index contributed by atoms with van der Waals surface area (Å²) in [6.45, 7) is 4.45. The van der Waals surface area contributed by atoms with E-state index in [4.69, 9.17) is 10.5 Å². The van der Waals surface area contributed by atoms with Crippen molar-refractivity contribution in [1.82, 2.24) is 0 Å². The third-order valence-electron chi connectivity index (χ3n) is 2.42. The van der Waals surface area contributed by atoms with Gasteiger partial charge >= 0.3 is 0 Å². The molecule has 1 rings (SSSR count). The Kier molecular flexibility index (Phi) is 5.66. The Balaban J connectivity index is 2.27. The van der Waals surface area contributed by atoms with E-state index in [0.717, 1.165) is 17.7 Å². The minimum absolute atomic E-state index is 0.00201. The summed E-state index contributed by atoms with van der Waals surface area (Å²) in [5, 5.41) is 2.76. The zero-order valence-electron chi connectivity index (χ0n) is 10.4. The Morgan fingerprint density at radius 2 is 2.06 bits per heavy atom. The summed E-state index contributed by atoms with van der Waals surface area (Å²) in [5.41, 5.74) is 7.61. The number of amides is 1. The van der Waals surface area contributed by atoms with E-state index in [1.165, 1.54) is 0 Å². The van der Waals surface area contributed by atoms with Crippen molar-refractivity contribution in [2.75, 3.05) is 18.5 Å². The van der Waals surface area contributed by atoms with Crippen molar-refractivity contribution < 1.29 is 9.53 Å². The molecule has 1 aromatic carbocycles. The third-order valence-corrected chi connectivity index (χ3v) is 2.42. The summed E-state index contributed by atoms with van der Waals surface area (Å²) in [6.07, 6.45) is 0.847. The van der Waals surface area contributed by atoms with Crippen LogP contribution in [0.4, 0.5) is 5.69 Å². The lowest BCUT2D eigenvalue weighted by molar-refractivity contribution is -0.120. The number of ether oxygens (including phenoxy) is 1. The molecule has 0 aliphatic carbocycles. The minimum Gasteiger partial charge on any atom is -0.370 e. The Bertz CT molecular complexity index is 349. The fraction of sp³-hybridized carbons (Fsp3) is 0.462. The van der Waals surface area contributed by atoms with E-state index in [1.807, 2.05) is 38.1 Å². The van der Waals surface area contributed by atoms with Crippen molar-refractivity contribution in [3.05, 3.63) is 29.8 Å². The predicted molar refractivity (Wildman–Crippen MR) is 68.9 cm³/mol. The number of carbonyl (C=O) groups excluding carboxylic acids is 1. The van der Waals surface area contributed by atoms with Crippen molar-refractivity contribution in [2.24, 2.45) is 5.73 Å². The molecule has 1 aromatic rings. The zero-order chi connectivity index (χ0) is 12.7. The highest BCUT2D eigenvalue weighted by Crippen LogP contribution is 2.08. The molecule has 0 bridgehead atoms. The Morgan fingerprint density at radius 1 is 1.41 bits per heavy atom. The molecule has 0 spiro atoms. The summed E-state index contributed by atoms with van der Waals surface area (Å²) in [4.78, 5) is 11.5. The number of aryl methyl sites for hydroxylation is 1. The lowest BCUT2D eigenvalue weighted by Gasteiger charge is -2.10. The molecule has 0 aliphatic rings. The maximum Gasteiger partial charge on any atom is 0.250 e. The van der Waals surface area contributed by atoms with Gasteiger partial charge in [-0.3, -0.25) is 4.79 Å². The molecule has 0 aromatic heterocycles. The van der Waals surface area contributed by atoms with Gasteiger partial charge in [0.1, 0.15) is 6.61 Å². The molecular weight excluding hydrogens is 216 g/mol. The predicted octanol–water partition coefficient (Wildman–Crippen LogP) is 1.69. The van der Waals surface area contributed by atoms with Crippen LogP contribution in [0.2, 0.25) is 0 Å². The van der Waals surface area contributed by atoms with E-state index in [9.17, 15) is 4.79 Å². The van der Waals surface area contributed by atoms with Gasteiger partial charge in [-0.2, -0.15) is 0 Å². The zero-order valence-corrected chi connectivity index (χ0v) is 10.4. The maximum absolute atomic E-state index is 11.5. The van der Waals surface area contributed by atoms with E-state index < -0.39 is 0 Å². The van der Waals surface area contributed by atoms with Gasteiger partial charge in [0.25, 0.3) is 0 Å². The van der Waals surface area contributed by atoms with Crippen LogP contribution in [0.25, 0.3) is 0 Å². The van der Waals surface area contributed by atoms with Gasteiger partial charge in [0, 0.05) is 11.7 Å². The number of hydrogen-bond acceptors (Lipinski definition) is 3. The van der Waals surface area contributed by atoms with Crippen molar-refractivity contribution >= 4 is 11.6 Å². The van der Waals surface area contributed by atoms with Gasteiger partial charge in [-0.05, 0) is 25.5 Å². The van der Waals surface area contributed by atoms with Gasteiger partial charge in [0.2, 0.25) is 5.91 Å². The highest BCUT2D eigenvalue weighted by Gasteiger charge is 2.04. The van der Waals surface area contributed by atoms with Gasteiger partial charge in [-0.15, -0.1) is 0 Å². The highest BCUT2D eigenvalue weighted by atomic mass is 16.5. The molecule has 0 aliphatic heterocycles. The molecule has 1 atom stereocenters. The number of rotatable bonds is 6. The van der Waals surface area contributed by atoms with Gasteiger partial charge in [0.15, 0.2) is 0 Å². The number of nitrogens with two attached hydrogens (primary N) is 1. The molecule has 0 saturated carbocycles. The molecular formula is C13H20N2O2. The quantitative estimate of drug-likeness (QED) is 0.790. The van der Waals surface area contributed by atoms with Crippen LogP contribution in [0.15, 0.2) is 24.3 Å². The molecule has 0 heterocycles. The molecule has 0 fully saturated rings. The van der Waals surface area contributed by atoms with Crippen LogP contribution in [0, 0.1) is 6.92 Å². The summed E-state index contributed by atoms with van der Waals surface area (Å²) in [5.74, 6) is -0.155. The number of carbonyl (C=O) groups is 1. The van der Waals surface area contributed by atoms with Gasteiger partial charge in [-0.25, -0.2) is 0 Å². The number of benzene rings is 1. The van der Waals surface area contributed by atoms with Crippen molar-refractivity contribution in [3.8, 4) is 0 Å². The van der Waals surface area contributed by atoms with Crippen LogP contribution in [-0.2, 0) is 9.53 Å². The first-order valence-corrected chi connectivity index (χ1v) is 5.81. The fourth-order valence-corrected chi connectivity index (χ4v) is 1.25. The third kappa shape index (κ3) is 5.47. The molecule has 0 saturated heterocycles. The molecule has 94 valence electrons. The molecule has 4 heteroatoms. The number of nitrogens with one attached hydrogen (secondary N) is 1. The maximum atomic E-state index is 11.5. The topological polar surface area (TPSA) is 64.3 Å². The summed E-state index contributed by atoms with van der Waals surface area (Å²) in [6, 6.07) is 7.63. The first kappa shape index (κ1) is 13.7. The highest BCUT2D eigenvalue weighted by molar-refractivity contribution is 5.91. The van der Waals surface area contributed by atoms with E-state index in [1.54, 1.807) is 0 Å². The average Bonchev–Trinajstić information content (AvgIpc) is 2.32. The second-order valence-electron chi connectivity index (χ2n) is 4.10. The Morgan fingerprint density at radius 3 is 2.65 bits per heavy atom. The van der Waals surface area contributed by atoms with Crippen LogP contribution < -0.4 is 11.1 Å². The van der Waals surface area contributed by atoms with E-state index in [-0.39, 0.29) is 18.6 Å². The van der Waals surface area contributed by atoms with E-state index in [0.29, 0.717) is 6.61 Å². The van der Waals surface area contributed by atoms with Crippen LogP contribution >= 0.6 is 0 Å². The molecule has 17 heavy (non-hydrogen) atoms. The molecule has 3 N–H and O–H groups in total. The Hall–Kier alpha value is -1.39. The molecule has 1 unspecified atom stereocenters. The van der Waals surface area contributed by atoms with Crippen LogP contribution in [-0.4, -0.2) is 25.2 Å². The fourth-order valence-electron chi connectivity index (χ4n) is 1.25. The van der Waals surface area contributed by atoms with Crippen molar-refractivity contribution in [3.63, 3.8) is 0 Å². The van der Waals surface area contributed by atoms with E-state index >= 15 is 0 Å². The van der Waals surface area contributed by atoms with Gasteiger partial charge < -0.3 is 15.8 Å². The number of hydrogen-bond donors (Lipinski definition) is 2. The second-order valence-corrected chi connectivity index (χ2v) is 4.10. The standard InChI is InChI=1S/C13H20N2O2/c1-3-11(14)8-17-9-13(16)15-12-6-4-10(2)5-7-12/h4-7,11H,3,8-9,14H2,1-2H3,(H,15,16). The molecule has 4 nitrogen and oxygen atoms in total. The largest absolute Gasteiger partial charge is 0.370 e. The second kappa shape index (κ2) is 7.04. The lowest BCUT2D eigenvalue weighted by Crippen LogP contribution is -2.28. The van der Waals surface area contributed by atoms with E-state index in [2.05, 4.69) is 5.32 Å². The average molecular weight is 236 g/mol. The van der Waals surface area contributed by atoms with Crippen LogP contribution in [0.3, 0.4) is 0 Å². The minimum atomic E-state index is -0.155. The monoisotopic (exact) mass is 236 g/mol. The smallest absolute Gasteiger partial charge is 0.250 e. The summed E-state index contributed by atoms with van der Waals surface area (Å²) >= 11 is 0. The lowest BCUT2D eigenvalue weighted by atomic mass is 10.2. The summed E-state index contributed by atoms with van der Waals surface area (Å²) in [7, 11) is 0. The van der Waals surface area contributed by atoms with Crippen LogP contribution in [0.5, 0.6) is 0 Å². The van der Waals surface area contributed by atoms with Crippen molar-refractivity contribution in [2.45, 2.75) is 26.3 Å². The first-order valence-electron chi connectivity index (χ1n) is 5.81. The van der Waals surface area contributed by atoms with Crippen LogP contribution in [0.1, 0.15) is 18.9 Å². The molecule has 1 amide bonds. The molecule has 0 radical (unpaired) electrons. The Labute approximate surface area is 102 Å². The van der Waals surface area contributed by atoms with Gasteiger partial charge in [-0.1, -0.05) is 24.6 Å². The normalized spacial score (nSPS) is 12.2. The van der Waals surface area contributed by atoms with Crippen molar-refractivity contribution in [1.29, 1.82) is 0 Å². The summed E-state index contributed by atoms with van der Waals surface area (Å²) < 4.78 is 5.21. The van der Waals surface area contributed by atoms with Gasteiger partial charge in [0.05, 0.1) is 6.61 Å². The number of anilines is 1. The SMILES string of the molecule is CCC(N)COCC(=O)Nc1ccc(C)cc1.